The van der Waals surface area contributed by atoms with Crippen LogP contribution in [0.1, 0.15) is 46.3 Å². The molecule has 0 saturated heterocycles. The Labute approximate surface area is 179 Å². The van der Waals surface area contributed by atoms with E-state index in [1.165, 1.54) is 0 Å². The Bertz CT molecular complexity index is 1290. The highest BCUT2D eigenvalue weighted by Gasteiger charge is 2.29. The third kappa shape index (κ3) is 3.48. The van der Waals surface area contributed by atoms with E-state index in [9.17, 15) is 9.59 Å². The van der Waals surface area contributed by atoms with E-state index >= 15 is 0 Å². The summed E-state index contributed by atoms with van der Waals surface area (Å²) in [7, 11) is 0. The highest BCUT2D eigenvalue weighted by atomic mass is 16.2. The predicted octanol–water partition coefficient (Wildman–Crippen LogP) is 3.83. The van der Waals surface area contributed by atoms with Crippen LogP contribution in [0, 0.1) is 0 Å². The lowest BCUT2D eigenvalue weighted by Gasteiger charge is -2.30. The van der Waals surface area contributed by atoms with Gasteiger partial charge in [0.15, 0.2) is 0 Å². The number of amides is 2. The Hall–Kier alpha value is -3.87. The van der Waals surface area contributed by atoms with Gasteiger partial charge in [0.2, 0.25) is 0 Å². The SMILES string of the molecule is C[C@@H]1[C@@H](C)NC(=O)c2cc3ccc(C(=O)Nc4cnn(Cc5ccccc5)c4)cc3n21. The highest BCUT2D eigenvalue weighted by molar-refractivity contribution is 6.07. The third-order valence-corrected chi connectivity index (χ3v) is 5.90. The molecule has 1 aliphatic rings. The molecule has 2 aromatic heterocycles. The van der Waals surface area contributed by atoms with Gasteiger partial charge in [-0.2, -0.15) is 5.10 Å². The summed E-state index contributed by atoms with van der Waals surface area (Å²) in [5.74, 6) is -0.295. The second kappa shape index (κ2) is 7.43. The van der Waals surface area contributed by atoms with Crippen molar-refractivity contribution in [1.29, 1.82) is 0 Å². The smallest absolute Gasteiger partial charge is 0.268 e. The van der Waals surface area contributed by atoms with Crippen molar-refractivity contribution in [3.63, 3.8) is 0 Å². The van der Waals surface area contributed by atoms with Crippen molar-refractivity contribution >= 4 is 28.4 Å². The molecule has 7 heteroatoms. The van der Waals surface area contributed by atoms with Crippen LogP contribution in [-0.4, -0.2) is 32.2 Å². The van der Waals surface area contributed by atoms with Gasteiger partial charge in [-0.15, -0.1) is 0 Å². The van der Waals surface area contributed by atoms with Crippen molar-refractivity contribution in [2.24, 2.45) is 0 Å². The third-order valence-electron chi connectivity index (χ3n) is 5.90. The van der Waals surface area contributed by atoms with Crippen LogP contribution in [0.25, 0.3) is 10.9 Å². The molecular weight excluding hydrogens is 390 g/mol. The van der Waals surface area contributed by atoms with E-state index in [1.807, 2.05) is 66.2 Å². The second-order valence-corrected chi connectivity index (χ2v) is 8.04. The number of carbonyl (C=O) groups excluding carboxylic acids is 2. The van der Waals surface area contributed by atoms with Crippen molar-refractivity contribution in [3.8, 4) is 0 Å². The van der Waals surface area contributed by atoms with Crippen molar-refractivity contribution in [2.75, 3.05) is 5.32 Å². The van der Waals surface area contributed by atoms with E-state index < -0.39 is 0 Å². The van der Waals surface area contributed by atoms with Gasteiger partial charge in [0.05, 0.1) is 24.5 Å². The van der Waals surface area contributed by atoms with Gasteiger partial charge in [-0.1, -0.05) is 36.4 Å². The average molecular weight is 413 g/mol. The molecule has 3 heterocycles. The molecule has 0 fully saturated rings. The van der Waals surface area contributed by atoms with Crippen LogP contribution in [0.15, 0.2) is 67.0 Å². The molecule has 0 saturated carbocycles. The molecule has 1 aliphatic heterocycles. The molecule has 2 aromatic carbocycles. The number of carbonyl (C=O) groups is 2. The van der Waals surface area contributed by atoms with Gasteiger partial charge in [-0.3, -0.25) is 14.3 Å². The van der Waals surface area contributed by atoms with E-state index in [0.717, 1.165) is 16.5 Å². The zero-order chi connectivity index (χ0) is 21.5. The number of aromatic nitrogens is 3. The first-order valence-corrected chi connectivity index (χ1v) is 10.3. The lowest BCUT2D eigenvalue weighted by atomic mass is 10.1. The fourth-order valence-corrected chi connectivity index (χ4v) is 4.09. The zero-order valence-corrected chi connectivity index (χ0v) is 17.4. The molecule has 156 valence electrons. The maximum atomic E-state index is 12.9. The molecule has 0 radical (unpaired) electrons. The summed E-state index contributed by atoms with van der Waals surface area (Å²) in [6.45, 7) is 4.69. The monoisotopic (exact) mass is 413 g/mol. The van der Waals surface area contributed by atoms with Gasteiger partial charge < -0.3 is 15.2 Å². The van der Waals surface area contributed by atoms with E-state index in [0.29, 0.717) is 23.5 Å². The van der Waals surface area contributed by atoms with E-state index in [-0.39, 0.29) is 23.9 Å². The number of hydrogen-bond donors (Lipinski definition) is 2. The Morgan fingerprint density at radius 2 is 1.94 bits per heavy atom. The fourth-order valence-electron chi connectivity index (χ4n) is 4.09. The molecule has 4 aromatic rings. The molecule has 2 amide bonds. The normalized spacial score (nSPS) is 17.9. The molecule has 31 heavy (non-hydrogen) atoms. The molecule has 0 aliphatic carbocycles. The zero-order valence-electron chi connectivity index (χ0n) is 17.4. The Morgan fingerprint density at radius 3 is 2.74 bits per heavy atom. The number of anilines is 1. The fraction of sp³-hybridized carbons (Fsp3) is 0.208. The van der Waals surface area contributed by atoms with Crippen molar-refractivity contribution in [1.82, 2.24) is 19.7 Å². The van der Waals surface area contributed by atoms with Gasteiger partial charge in [-0.25, -0.2) is 0 Å². The minimum atomic E-state index is -0.210. The van der Waals surface area contributed by atoms with Crippen LogP contribution in [0.4, 0.5) is 5.69 Å². The minimum Gasteiger partial charge on any atom is -0.346 e. The summed E-state index contributed by atoms with van der Waals surface area (Å²) in [6.07, 6.45) is 3.46. The average Bonchev–Trinajstić information content (AvgIpc) is 3.37. The summed E-state index contributed by atoms with van der Waals surface area (Å²) < 4.78 is 3.81. The first-order valence-electron chi connectivity index (χ1n) is 10.3. The predicted molar refractivity (Wildman–Crippen MR) is 119 cm³/mol. The van der Waals surface area contributed by atoms with Gasteiger partial charge >= 0.3 is 0 Å². The largest absolute Gasteiger partial charge is 0.346 e. The lowest BCUT2D eigenvalue weighted by molar-refractivity contribution is 0.0891. The standard InChI is InChI=1S/C24H23N5O2/c1-15-16(2)29-21-11-19(9-8-18(21)10-22(29)24(31)26-15)23(30)27-20-12-25-28(14-20)13-17-6-4-3-5-7-17/h3-12,14-16H,13H2,1-2H3,(H,26,31)(H,27,30)/t15-,16-/m1/s1. The summed E-state index contributed by atoms with van der Waals surface area (Å²) in [5.41, 5.74) is 3.82. The molecule has 0 spiro atoms. The number of nitrogens with zero attached hydrogens (tertiary/aromatic N) is 3. The number of fused-ring (bicyclic) bond motifs is 3. The van der Waals surface area contributed by atoms with E-state index in [4.69, 9.17) is 0 Å². The quantitative estimate of drug-likeness (QED) is 0.534. The topological polar surface area (TPSA) is 81.0 Å². The Balaban J connectivity index is 1.39. The van der Waals surface area contributed by atoms with Crippen LogP contribution < -0.4 is 10.6 Å². The minimum absolute atomic E-state index is 0.0172. The summed E-state index contributed by atoms with van der Waals surface area (Å²) in [6, 6.07) is 17.5. The molecular formula is C24H23N5O2. The number of nitrogens with one attached hydrogen (secondary N) is 2. The van der Waals surface area contributed by atoms with Gasteiger partial charge in [-0.05, 0) is 37.6 Å². The van der Waals surface area contributed by atoms with Crippen LogP contribution in [0.5, 0.6) is 0 Å². The summed E-state index contributed by atoms with van der Waals surface area (Å²) in [5, 5.41) is 11.2. The molecule has 2 N–H and O–H groups in total. The van der Waals surface area contributed by atoms with E-state index in [2.05, 4.69) is 22.7 Å². The van der Waals surface area contributed by atoms with E-state index in [1.54, 1.807) is 16.9 Å². The maximum absolute atomic E-state index is 12.9. The Kier molecular flexibility index (Phi) is 4.58. The van der Waals surface area contributed by atoms with Crippen molar-refractivity contribution in [2.45, 2.75) is 32.5 Å². The van der Waals surface area contributed by atoms with Crippen LogP contribution in [-0.2, 0) is 6.54 Å². The molecule has 5 rings (SSSR count). The summed E-state index contributed by atoms with van der Waals surface area (Å²) in [4.78, 5) is 25.3. The van der Waals surface area contributed by atoms with Crippen LogP contribution >= 0.6 is 0 Å². The maximum Gasteiger partial charge on any atom is 0.268 e. The number of hydrogen-bond acceptors (Lipinski definition) is 3. The number of rotatable bonds is 4. The number of benzene rings is 2. The molecule has 2 atom stereocenters. The summed E-state index contributed by atoms with van der Waals surface area (Å²) >= 11 is 0. The Morgan fingerprint density at radius 1 is 1.13 bits per heavy atom. The second-order valence-electron chi connectivity index (χ2n) is 8.04. The first kappa shape index (κ1) is 19.1. The lowest BCUT2D eigenvalue weighted by Crippen LogP contribution is -2.44. The van der Waals surface area contributed by atoms with Crippen LogP contribution in [0.3, 0.4) is 0 Å². The van der Waals surface area contributed by atoms with Gasteiger partial charge in [0, 0.05) is 28.7 Å². The highest BCUT2D eigenvalue weighted by Crippen LogP contribution is 2.30. The van der Waals surface area contributed by atoms with Gasteiger partial charge in [0.25, 0.3) is 11.8 Å². The first-order chi connectivity index (χ1) is 15.0. The molecule has 0 bridgehead atoms. The van der Waals surface area contributed by atoms with Crippen molar-refractivity contribution in [3.05, 3.63) is 83.8 Å². The van der Waals surface area contributed by atoms with Gasteiger partial charge in [0.1, 0.15) is 5.69 Å². The van der Waals surface area contributed by atoms with Crippen LogP contribution in [0.2, 0.25) is 0 Å². The van der Waals surface area contributed by atoms with Crippen molar-refractivity contribution < 1.29 is 9.59 Å². The molecule has 7 nitrogen and oxygen atoms in total. The molecule has 0 unspecified atom stereocenters.